The molecular weight excluding hydrogens is 409 g/mol. The van der Waals surface area contributed by atoms with Crippen molar-refractivity contribution in [3.63, 3.8) is 0 Å². The van der Waals surface area contributed by atoms with Crippen molar-refractivity contribution in [2.75, 3.05) is 7.11 Å². The molecule has 1 saturated heterocycles. The van der Waals surface area contributed by atoms with E-state index in [4.69, 9.17) is 27.9 Å². The molecule has 2 aliphatic rings. The largest absolute Gasteiger partial charge is 0.381 e. The molecule has 1 unspecified atom stereocenters. The van der Waals surface area contributed by atoms with Gasteiger partial charge in [-0.25, -0.2) is 0 Å². The summed E-state index contributed by atoms with van der Waals surface area (Å²) in [5.74, 6) is -1.03. The number of ketones is 1. The molecule has 0 bridgehead atoms. The van der Waals surface area contributed by atoms with E-state index in [1.54, 1.807) is 19.2 Å². The number of aryl methyl sites for hydroxylation is 1. The quantitative estimate of drug-likeness (QED) is 0.689. The molecule has 0 aromatic heterocycles. The van der Waals surface area contributed by atoms with Crippen LogP contribution in [0.15, 0.2) is 36.4 Å². The van der Waals surface area contributed by atoms with Crippen molar-refractivity contribution in [1.82, 2.24) is 5.32 Å². The summed E-state index contributed by atoms with van der Waals surface area (Å²) < 4.78 is 5.42. The molecule has 6 heteroatoms. The number of rotatable bonds is 3. The lowest BCUT2D eigenvalue weighted by molar-refractivity contribution is -0.126. The van der Waals surface area contributed by atoms with Gasteiger partial charge in [0.15, 0.2) is 5.78 Å². The highest BCUT2D eigenvalue weighted by Crippen LogP contribution is 2.41. The predicted octanol–water partition coefficient (Wildman–Crippen LogP) is 5.08. The average molecular weight is 432 g/mol. The number of halogens is 2. The third-order valence-corrected chi connectivity index (χ3v) is 6.86. The van der Waals surface area contributed by atoms with Crippen LogP contribution >= 0.6 is 23.2 Å². The zero-order valence-corrected chi connectivity index (χ0v) is 17.9. The fourth-order valence-corrected chi connectivity index (χ4v) is 5.10. The van der Waals surface area contributed by atoms with Gasteiger partial charge in [-0.15, -0.1) is 0 Å². The second-order valence-corrected chi connectivity index (χ2v) is 8.84. The molecule has 4 nitrogen and oxygen atoms in total. The van der Waals surface area contributed by atoms with Gasteiger partial charge in [-0.2, -0.15) is 0 Å². The summed E-state index contributed by atoms with van der Waals surface area (Å²) in [4.78, 5) is 26.3. The van der Waals surface area contributed by atoms with Crippen molar-refractivity contribution in [2.24, 2.45) is 0 Å². The summed E-state index contributed by atoms with van der Waals surface area (Å²) >= 11 is 12.4. The molecule has 152 valence electrons. The van der Waals surface area contributed by atoms with Gasteiger partial charge < -0.3 is 10.1 Å². The van der Waals surface area contributed by atoms with E-state index in [9.17, 15) is 9.59 Å². The highest BCUT2D eigenvalue weighted by molar-refractivity contribution is 6.36. The molecule has 1 atom stereocenters. The fraction of sp³-hybridized carbons (Fsp3) is 0.391. The number of benzene rings is 2. The molecule has 29 heavy (non-hydrogen) atoms. The van der Waals surface area contributed by atoms with Gasteiger partial charge in [-0.1, -0.05) is 41.4 Å². The highest BCUT2D eigenvalue weighted by atomic mass is 35.5. The molecule has 2 aromatic carbocycles. The fourth-order valence-electron chi connectivity index (χ4n) is 4.58. The van der Waals surface area contributed by atoms with Gasteiger partial charge in [0.05, 0.1) is 11.6 Å². The van der Waals surface area contributed by atoms with Crippen LogP contribution in [-0.4, -0.2) is 30.4 Å². The Morgan fingerprint density at radius 1 is 1.07 bits per heavy atom. The number of carbonyl (C=O) groups excluding carboxylic acids is 2. The van der Waals surface area contributed by atoms with Crippen molar-refractivity contribution in [3.8, 4) is 11.1 Å². The number of methoxy groups -OCH3 is 1. The first-order valence-electron chi connectivity index (χ1n) is 9.80. The molecule has 1 heterocycles. The smallest absolute Gasteiger partial charge is 0.235 e. The molecule has 2 fully saturated rings. The van der Waals surface area contributed by atoms with E-state index in [1.807, 2.05) is 31.2 Å². The first kappa shape index (κ1) is 20.4. The molecule has 4 rings (SSSR count). The van der Waals surface area contributed by atoms with Gasteiger partial charge in [0.25, 0.3) is 0 Å². The van der Waals surface area contributed by atoms with Crippen LogP contribution in [-0.2, 0) is 14.3 Å². The summed E-state index contributed by atoms with van der Waals surface area (Å²) in [6.45, 7) is 1.93. The number of nitrogens with one attached hydrogen (secondary N) is 1. The minimum Gasteiger partial charge on any atom is -0.381 e. The van der Waals surface area contributed by atoms with Gasteiger partial charge in [-0.05, 0) is 67.5 Å². The first-order chi connectivity index (χ1) is 13.8. The molecule has 2 aromatic rings. The van der Waals surface area contributed by atoms with Crippen LogP contribution in [0.3, 0.4) is 0 Å². The van der Waals surface area contributed by atoms with E-state index < -0.39 is 11.5 Å². The Hall–Kier alpha value is -1.88. The van der Waals surface area contributed by atoms with Crippen molar-refractivity contribution < 1.29 is 14.3 Å². The summed E-state index contributed by atoms with van der Waals surface area (Å²) in [6.07, 6.45) is 2.94. The molecule has 1 N–H and O–H groups in total. The monoisotopic (exact) mass is 431 g/mol. The zero-order valence-electron chi connectivity index (χ0n) is 16.4. The van der Waals surface area contributed by atoms with Crippen LogP contribution in [0.1, 0.15) is 42.7 Å². The maximum atomic E-state index is 13.4. The molecule has 1 aliphatic heterocycles. The summed E-state index contributed by atoms with van der Waals surface area (Å²) in [5, 5.41) is 4.12. The summed E-state index contributed by atoms with van der Waals surface area (Å²) in [7, 11) is 1.69. The Morgan fingerprint density at radius 3 is 2.45 bits per heavy atom. The topological polar surface area (TPSA) is 55.4 Å². The van der Waals surface area contributed by atoms with Gasteiger partial charge in [0.2, 0.25) is 5.91 Å². The summed E-state index contributed by atoms with van der Waals surface area (Å²) in [5.41, 5.74) is 2.56. The second-order valence-electron chi connectivity index (χ2n) is 8.00. The molecule has 1 amide bonds. The number of carbonyl (C=O) groups is 2. The van der Waals surface area contributed by atoms with Crippen LogP contribution in [0, 0.1) is 6.92 Å². The Balaban J connectivity index is 1.69. The normalized spacial score (nSPS) is 26.8. The van der Waals surface area contributed by atoms with E-state index in [2.05, 4.69) is 5.32 Å². The van der Waals surface area contributed by atoms with E-state index >= 15 is 0 Å². The van der Waals surface area contributed by atoms with Gasteiger partial charge >= 0.3 is 0 Å². The van der Waals surface area contributed by atoms with E-state index in [0.29, 0.717) is 22.9 Å². The van der Waals surface area contributed by atoms with Crippen LogP contribution in [0.2, 0.25) is 10.0 Å². The van der Waals surface area contributed by atoms with E-state index in [1.165, 1.54) is 0 Å². The van der Waals surface area contributed by atoms with Crippen LogP contribution in [0.25, 0.3) is 11.1 Å². The average Bonchev–Trinajstić information content (AvgIpc) is 2.93. The zero-order chi connectivity index (χ0) is 20.8. The van der Waals surface area contributed by atoms with Gasteiger partial charge in [-0.3, -0.25) is 9.59 Å². The number of Topliss-reactive ketones (excluding diaryl/α,β-unsaturated/α-hetero) is 1. The minimum absolute atomic E-state index is 0.0282. The Bertz CT molecular complexity index is 980. The number of ether oxygens (including phenoxy) is 1. The lowest BCUT2D eigenvalue weighted by Crippen LogP contribution is -2.50. The Morgan fingerprint density at radius 2 is 1.79 bits per heavy atom. The van der Waals surface area contributed by atoms with Crippen molar-refractivity contribution >= 4 is 34.9 Å². The van der Waals surface area contributed by atoms with E-state index in [-0.39, 0.29) is 17.8 Å². The Kier molecular flexibility index (Phi) is 5.45. The molecule has 1 saturated carbocycles. The number of amides is 1. The lowest BCUT2D eigenvalue weighted by Gasteiger charge is -2.35. The first-order valence-corrected chi connectivity index (χ1v) is 10.6. The molecule has 0 radical (unpaired) electrons. The van der Waals surface area contributed by atoms with Crippen LogP contribution in [0.5, 0.6) is 0 Å². The van der Waals surface area contributed by atoms with Crippen LogP contribution in [0.4, 0.5) is 0 Å². The lowest BCUT2D eigenvalue weighted by atomic mass is 9.75. The SMILES string of the molecule is COC1CCC2(CC1)NC(=O)C(c1cc(-c3ccc(Cl)cc3Cl)ccc1C)C2=O. The second kappa shape index (κ2) is 7.75. The van der Waals surface area contributed by atoms with Crippen molar-refractivity contribution in [2.45, 2.75) is 50.2 Å². The molecule has 1 spiro atoms. The van der Waals surface area contributed by atoms with Crippen molar-refractivity contribution in [1.29, 1.82) is 0 Å². The maximum absolute atomic E-state index is 13.4. The molecule has 1 aliphatic carbocycles. The molecular formula is C23H23Cl2NO3. The summed E-state index contributed by atoms with van der Waals surface area (Å²) in [6, 6.07) is 11.1. The predicted molar refractivity (Wildman–Crippen MR) is 115 cm³/mol. The van der Waals surface area contributed by atoms with Gasteiger partial charge in [0.1, 0.15) is 5.92 Å². The highest BCUT2D eigenvalue weighted by Gasteiger charge is 2.54. The Labute approximate surface area is 180 Å². The maximum Gasteiger partial charge on any atom is 0.235 e. The van der Waals surface area contributed by atoms with Crippen molar-refractivity contribution in [3.05, 3.63) is 57.6 Å². The number of hydrogen-bond donors (Lipinski definition) is 1. The van der Waals surface area contributed by atoms with Gasteiger partial charge in [0, 0.05) is 22.7 Å². The van der Waals surface area contributed by atoms with E-state index in [0.717, 1.165) is 35.1 Å². The third kappa shape index (κ3) is 3.58. The minimum atomic E-state index is -0.792. The standard InChI is InChI=1S/C23H23Cl2NO3/c1-13-3-4-14(17-6-5-15(24)12-19(17)25)11-18(13)20-21(27)23(26-22(20)28)9-7-16(29-2)8-10-23/h3-6,11-12,16,20H,7-10H2,1-2H3,(H,26,28). The third-order valence-electron chi connectivity index (χ3n) is 6.31. The number of hydrogen-bond acceptors (Lipinski definition) is 3. The van der Waals surface area contributed by atoms with Crippen LogP contribution < -0.4 is 5.32 Å².